The monoisotopic (exact) mass is 240 g/mol. The zero-order valence-corrected chi connectivity index (χ0v) is 7.55. The predicted octanol–water partition coefficient (Wildman–Crippen LogP) is 2.94. The molecule has 16 heavy (non-hydrogen) atoms. The van der Waals surface area contributed by atoms with Crippen molar-refractivity contribution in [2.45, 2.75) is 12.1 Å². The molecule has 0 aliphatic heterocycles. The van der Waals surface area contributed by atoms with Crippen LogP contribution in [0.3, 0.4) is 0 Å². The van der Waals surface area contributed by atoms with Crippen LogP contribution in [0.15, 0.2) is 24.3 Å². The highest BCUT2D eigenvalue weighted by molar-refractivity contribution is 5.80. The highest BCUT2D eigenvalue weighted by Crippen LogP contribution is 2.35. The summed E-state index contributed by atoms with van der Waals surface area (Å²) in [5, 5.41) is 7.31. The SMILES string of the molecule is O=C(O)C(F)(F)C(F)(F)F.c1cc2cc-2c1. The second-order valence-electron chi connectivity index (χ2n) is 2.96. The first-order valence-electron chi connectivity index (χ1n) is 3.94. The van der Waals surface area contributed by atoms with Crippen LogP contribution in [0.5, 0.6) is 0 Å². The average molecular weight is 240 g/mol. The minimum absolute atomic E-state index is 1.43. The Kier molecular flexibility index (Phi) is 2.89. The second-order valence-corrected chi connectivity index (χ2v) is 2.96. The van der Waals surface area contributed by atoms with Gasteiger partial charge in [-0.15, -0.1) is 0 Å². The van der Waals surface area contributed by atoms with E-state index in [0.717, 1.165) is 0 Å². The molecule has 1 N–H and O–H groups in total. The molecular weight excluding hydrogens is 235 g/mol. The van der Waals surface area contributed by atoms with Crippen molar-refractivity contribution < 1.29 is 31.9 Å². The van der Waals surface area contributed by atoms with Crippen LogP contribution in [0.25, 0.3) is 11.1 Å². The van der Waals surface area contributed by atoms with Crippen LogP contribution < -0.4 is 0 Å². The highest BCUT2D eigenvalue weighted by Gasteiger charge is 2.64. The second kappa shape index (κ2) is 3.73. The summed E-state index contributed by atoms with van der Waals surface area (Å²) in [6.07, 6.45) is -6.02. The topological polar surface area (TPSA) is 37.3 Å². The summed E-state index contributed by atoms with van der Waals surface area (Å²) in [5.41, 5.74) is 2.85. The van der Waals surface area contributed by atoms with Gasteiger partial charge < -0.3 is 5.11 Å². The van der Waals surface area contributed by atoms with Crippen LogP contribution >= 0.6 is 0 Å². The van der Waals surface area contributed by atoms with Gasteiger partial charge in [0.2, 0.25) is 0 Å². The molecule has 0 saturated carbocycles. The Morgan fingerprint density at radius 3 is 1.56 bits per heavy atom. The van der Waals surface area contributed by atoms with Gasteiger partial charge in [-0.1, -0.05) is 18.2 Å². The Morgan fingerprint density at radius 2 is 1.50 bits per heavy atom. The molecule has 0 spiro atoms. The van der Waals surface area contributed by atoms with Gasteiger partial charge in [-0.3, -0.25) is 0 Å². The Hall–Kier alpha value is -1.66. The molecule has 88 valence electrons. The van der Waals surface area contributed by atoms with Gasteiger partial charge in [0.1, 0.15) is 0 Å². The van der Waals surface area contributed by atoms with Crippen molar-refractivity contribution in [3.63, 3.8) is 0 Å². The van der Waals surface area contributed by atoms with Crippen LogP contribution in [0.4, 0.5) is 22.0 Å². The molecule has 0 amide bonds. The van der Waals surface area contributed by atoms with E-state index in [4.69, 9.17) is 5.11 Å². The Morgan fingerprint density at radius 1 is 1.06 bits per heavy atom. The lowest BCUT2D eigenvalue weighted by molar-refractivity contribution is -0.277. The summed E-state index contributed by atoms with van der Waals surface area (Å²) in [6, 6.07) is 8.48. The van der Waals surface area contributed by atoms with Gasteiger partial charge in [-0.2, -0.15) is 22.0 Å². The van der Waals surface area contributed by atoms with Crippen LogP contribution in [0.2, 0.25) is 0 Å². The van der Waals surface area contributed by atoms with Crippen molar-refractivity contribution >= 4 is 5.97 Å². The third-order valence-electron chi connectivity index (χ3n) is 1.74. The third kappa shape index (κ3) is 2.47. The van der Waals surface area contributed by atoms with Gasteiger partial charge in [0, 0.05) is 0 Å². The Bertz CT molecular complexity index is 393. The number of benzene rings is 1. The lowest BCUT2D eigenvalue weighted by Gasteiger charge is -2.13. The molecular formula is C9H5F5O2. The molecule has 0 saturated heterocycles. The highest BCUT2D eigenvalue weighted by atomic mass is 19.4. The predicted molar refractivity (Wildman–Crippen MR) is 44.1 cm³/mol. The normalized spacial score (nSPS) is 12.6. The summed E-state index contributed by atoms with van der Waals surface area (Å²) >= 11 is 0. The number of aliphatic carboxylic acids is 1. The van der Waals surface area contributed by atoms with E-state index >= 15 is 0 Å². The van der Waals surface area contributed by atoms with Gasteiger partial charge in [0.25, 0.3) is 0 Å². The maximum Gasteiger partial charge on any atom is 0.465 e. The summed E-state index contributed by atoms with van der Waals surface area (Å²) in [7, 11) is 0. The number of alkyl halides is 5. The number of carbonyl (C=O) groups is 1. The van der Waals surface area contributed by atoms with Crippen LogP contribution in [0, 0.1) is 0 Å². The van der Waals surface area contributed by atoms with Crippen LogP contribution in [-0.4, -0.2) is 23.2 Å². The number of hydrogen-bond donors (Lipinski definition) is 1. The molecule has 0 radical (unpaired) electrons. The third-order valence-corrected chi connectivity index (χ3v) is 1.74. The summed E-state index contributed by atoms with van der Waals surface area (Å²) in [6.45, 7) is 0. The van der Waals surface area contributed by atoms with Crippen LogP contribution in [-0.2, 0) is 4.79 Å². The number of fused-ring (bicyclic) bond motifs is 1. The van der Waals surface area contributed by atoms with Gasteiger partial charge in [-0.05, 0) is 17.2 Å². The Labute approximate surface area is 86.3 Å². The summed E-state index contributed by atoms with van der Waals surface area (Å²) in [4.78, 5) is 9.20. The number of rotatable bonds is 1. The van der Waals surface area contributed by atoms with E-state index in [9.17, 15) is 26.7 Å². The Balaban J connectivity index is 0.000000176. The largest absolute Gasteiger partial charge is 0.477 e. The standard InChI is InChI=1S/C6H4.C3HF5O2/c1-2-5-4-6(5)3-1;4-2(5,1(9)10)3(6,7)8/h1-4H;(H,9,10). The smallest absolute Gasteiger partial charge is 0.465 e. The van der Waals surface area contributed by atoms with E-state index in [1.807, 2.05) is 0 Å². The van der Waals surface area contributed by atoms with Crippen LogP contribution in [0.1, 0.15) is 0 Å². The van der Waals surface area contributed by atoms with E-state index in [1.165, 1.54) is 11.1 Å². The van der Waals surface area contributed by atoms with Crippen molar-refractivity contribution in [1.29, 1.82) is 0 Å². The van der Waals surface area contributed by atoms with E-state index in [1.54, 1.807) is 0 Å². The summed E-state index contributed by atoms with van der Waals surface area (Å²) < 4.78 is 55.5. The summed E-state index contributed by atoms with van der Waals surface area (Å²) in [5.74, 6) is -8.84. The van der Waals surface area contributed by atoms with Gasteiger partial charge >= 0.3 is 18.1 Å². The van der Waals surface area contributed by atoms with E-state index in [0.29, 0.717) is 0 Å². The zero-order valence-electron chi connectivity index (χ0n) is 7.55. The first-order chi connectivity index (χ1) is 7.16. The van der Waals surface area contributed by atoms with Crippen molar-refractivity contribution in [1.82, 2.24) is 0 Å². The maximum absolute atomic E-state index is 11.3. The van der Waals surface area contributed by atoms with E-state index < -0.39 is 18.1 Å². The molecule has 2 nitrogen and oxygen atoms in total. The minimum Gasteiger partial charge on any atom is -0.477 e. The van der Waals surface area contributed by atoms with Gasteiger partial charge in [0.15, 0.2) is 0 Å². The molecule has 0 atom stereocenters. The molecule has 2 aliphatic rings. The number of carboxylic acid groups (broad SMARTS) is 1. The number of halogens is 5. The fourth-order valence-electron chi connectivity index (χ4n) is 0.797. The molecule has 0 fully saturated rings. The van der Waals surface area contributed by atoms with Crippen molar-refractivity contribution in [2.75, 3.05) is 0 Å². The molecule has 2 rings (SSSR count). The molecule has 0 aromatic heterocycles. The molecule has 0 aromatic rings. The zero-order chi connectivity index (χ0) is 12.6. The first-order valence-corrected chi connectivity index (χ1v) is 3.94. The fourth-order valence-corrected chi connectivity index (χ4v) is 0.797. The first kappa shape index (κ1) is 12.4. The van der Waals surface area contributed by atoms with E-state index in [-0.39, 0.29) is 0 Å². The van der Waals surface area contributed by atoms with Crippen molar-refractivity contribution in [3.05, 3.63) is 24.3 Å². The number of carboxylic acids is 1. The van der Waals surface area contributed by atoms with E-state index in [2.05, 4.69) is 24.3 Å². The molecule has 0 bridgehead atoms. The quantitative estimate of drug-likeness (QED) is 0.778. The molecule has 2 aliphatic carbocycles. The number of hydrogen-bond acceptors (Lipinski definition) is 1. The lowest BCUT2D eigenvalue weighted by atomic mass is 10.3. The van der Waals surface area contributed by atoms with Gasteiger partial charge in [-0.25, -0.2) is 4.79 Å². The van der Waals surface area contributed by atoms with Crippen molar-refractivity contribution in [3.8, 4) is 11.1 Å². The molecule has 0 unspecified atom stereocenters. The molecule has 0 aromatic carbocycles. The van der Waals surface area contributed by atoms with Crippen molar-refractivity contribution in [2.24, 2.45) is 0 Å². The minimum atomic E-state index is -6.02. The molecule has 7 heteroatoms. The lowest BCUT2D eigenvalue weighted by Crippen LogP contribution is -2.43. The molecule has 0 heterocycles. The maximum atomic E-state index is 11.3. The average Bonchev–Trinajstić information content (AvgIpc) is 2.73. The fraction of sp³-hybridized carbons (Fsp3) is 0.222. The van der Waals surface area contributed by atoms with Gasteiger partial charge in [0.05, 0.1) is 0 Å².